The lowest BCUT2D eigenvalue weighted by atomic mass is 10.2. The van der Waals surface area contributed by atoms with E-state index in [1.54, 1.807) is 13.8 Å². The van der Waals surface area contributed by atoms with Gasteiger partial charge in [0.25, 0.3) is 5.91 Å². The third-order valence-corrected chi connectivity index (χ3v) is 5.45. The number of aryl methyl sites for hydroxylation is 2. The molecular formula is C11H17N3O3S. The van der Waals surface area contributed by atoms with Crippen molar-refractivity contribution in [1.29, 1.82) is 0 Å². The van der Waals surface area contributed by atoms with Gasteiger partial charge in [-0.3, -0.25) is 4.79 Å². The number of aromatic amines is 1. The van der Waals surface area contributed by atoms with Crippen molar-refractivity contribution in [1.82, 2.24) is 15.3 Å². The summed E-state index contributed by atoms with van der Waals surface area (Å²) >= 11 is 0. The lowest BCUT2D eigenvalue weighted by molar-refractivity contribution is 0.0948. The Balaban J connectivity index is 1.99. The molecule has 1 aromatic rings. The van der Waals surface area contributed by atoms with Crippen LogP contribution < -0.4 is 5.32 Å². The van der Waals surface area contributed by atoms with E-state index in [-0.39, 0.29) is 18.2 Å². The monoisotopic (exact) mass is 271 g/mol. The van der Waals surface area contributed by atoms with Gasteiger partial charge in [-0.05, 0) is 26.7 Å². The number of hydrogen-bond acceptors (Lipinski definition) is 4. The number of sulfone groups is 1. The molecule has 0 saturated carbocycles. The second kappa shape index (κ2) is 4.72. The molecule has 6 nitrogen and oxygen atoms in total. The minimum Gasteiger partial charge on any atom is -0.349 e. The fourth-order valence-corrected chi connectivity index (χ4v) is 3.97. The zero-order valence-electron chi connectivity index (χ0n) is 10.5. The SMILES string of the molecule is Cc1nc(C(=O)NCC2CCCS2(=O)=O)c(C)[nH]1. The molecule has 1 atom stereocenters. The molecular weight excluding hydrogens is 254 g/mol. The lowest BCUT2D eigenvalue weighted by Gasteiger charge is -2.10. The van der Waals surface area contributed by atoms with Crippen molar-refractivity contribution in [3.8, 4) is 0 Å². The maximum Gasteiger partial charge on any atom is 0.271 e. The second-order valence-corrected chi connectivity index (χ2v) is 7.04. The van der Waals surface area contributed by atoms with Crippen molar-refractivity contribution in [3.63, 3.8) is 0 Å². The van der Waals surface area contributed by atoms with Crippen LogP contribution in [-0.2, 0) is 9.84 Å². The van der Waals surface area contributed by atoms with E-state index in [9.17, 15) is 13.2 Å². The summed E-state index contributed by atoms with van der Waals surface area (Å²) in [4.78, 5) is 18.9. The fraction of sp³-hybridized carbons (Fsp3) is 0.636. The van der Waals surface area contributed by atoms with E-state index in [1.165, 1.54) is 0 Å². The topological polar surface area (TPSA) is 91.9 Å². The zero-order chi connectivity index (χ0) is 13.3. The summed E-state index contributed by atoms with van der Waals surface area (Å²) < 4.78 is 23.2. The van der Waals surface area contributed by atoms with Crippen molar-refractivity contribution in [2.45, 2.75) is 31.9 Å². The number of nitrogens with zero attached hydrogens (tertiary/aromatic N) is 1. The number of aromatic nitrogens is 2. The Morgan fingerprint density at radius 2 is 2.22 bits per heavy atom. The van der Waals surface area contributed by atoms with Crippen LogP contribution in [0.1, 0.15) is 34.8 Å². The molecule has 0 aromatic carbocycles. The lowest BCUT2D eigenvalue weighted by Crippen LogP contribution is -2.35. The summed E-state index contributed by atoms with van der Waals surface area (Å²) in [5.74, 6) is 0.582. The van der Waals surface area contributed by atoms with E-state index in [1.807, 2.05) is 0 Å². The first-order valence-electron chi connectivity index (χ1n) is 5.93. The molecule has 0 aliphatic carbocycles. The molecule has 1 saturated heterocycles. The molecule has 0 radical (unpaired) electrons. The van der Waals surface area contributed by atoms with Crippen LogP contribution >= 0.6 is 0 Å². The summed E-state index contributed by atoms with van der Waals surface area (Å²) in [5, 5.41) is 2.21. The summed E-state index contributed by atoms with van der Waals surface area (Å²) in [5.41, 5.74) is 1.03. The predicted molar refractivity (Wildman–Crippen MR) is 67.2 cm³/mol. The van der Waals surface area contributed by atoms with Crippen molar-refractivity contribution >= 4 is 15.7 Å². The molecule has 100 valence electrons. The molecule has 1 aliphatic rings. The number of amides is 1. The van der Waals surface area contributed by atoms with Gasteiger partial charge in [0.15, 0.2) is 9.84 Å². The Morgan fingerprint density at radius 1 is 1.50 bits per heavy atom. The van der Waals surface area contributed by atoms with E-state index in [4.69, 9.17) is 0 Å². The Bertz CT molecular complexity index is 562. The van der Waals surface area contributed by atoms with Crippen LogP contribution in [0.2, 0.25) is 0 Å². The standard InChI is InChI=1S/C11H17N3O3S/c1-7-10(14-8(2)13-7)11(15)12-6-9-4-3-5-18(9,16)17/h9H,3-6H2,1-2H3,(H,12,15)(H,13,14). The molecule has 2 rings (SSSR count). The van der Waals surface area contributed by atoms with Crippen LogP contribution in [0, 0.1) is 13.8 Å². The highest BCUT2D eigenvalue weighted by atomic mass is 32.2. The van der Waals surface area contributed by atoms with Gasteiger partial charge in [0, 0.05) is 12.2 Å². The molecule has 1 fully saturated rings. The minimum absolute atomic E-state index is 0.173. The van der Waals surface area contributed by atoms with E-state index < -0.39 is 15.1 Å². The van der Waals surface area contributed by atoms with Crippen molar-refractivity contribution in [2.24, 2.45) is 0 Å². The van der Waals surface area contributed by atoms with Crippen LogP contribution in [0.4, 0.5) is 0 Å². The highest BCUT2D eigenvalue weighted by Crippen LogP contribution is 2.19. The number of nitrogens with one attached hydrogen (secondary N) is 2. The minimum atomic E-state index is -3.01. The van der Waals surface area contributed by atoms with Gasteiger partial charge in [-0.1, -0.05) is 0 Å². The molecule has 1 amide bonds. The third-order valence-electron chi connectivity index (χ3n) is 3.17. The highest BCUT2D eigenvalue weighted by molar-refractivity contribution is 7.92. The molecule has 1 unspecified atom stereocenters. The first-order chi connectivity index (χ1) is 8.40. The zero-order valence-corrected chi connectivity index (χ0v) is 11.3. The number of carbonyl (C=O) groups excluding carboxylic acids is 1. The largest absolute Gasteiger partial charge is 0.349 e. The first-order valence-corrected chi connectivity index (χ1v) is 7.64. The molecule has 7 heteroatoms. The maximum atomic E-state index is 11.9. The first kappa shape index (κ1) is 13.1. The van der Waals surface area contributed by atoms with E-state index in [2.05, 4.69) is 15.3 Å². The van der Waals surface area contributed by atoms with Gasteiger partial charge >= 0.3 is 0 Å². The quantitative estimate of drug-likeness (QED) is 0.829. The van der Waals surface area contributed by atoms with Crippen molar-refractivity contribution in [3.05, 3.63) is 17.2 Å². The van der Waals surface area contributed by atoms with Crippen LogP contribution in [0.25, 0.3) is 0 Å². The van der Waals surface area contributed by atoms with Gasteiger partial charge in [0.2, 0.25) is 0 Å². The average molecular weight is 271 g/mol. The summed E-state index contributed by atoms with van der Waals surface area (Å²) in [6.07, 6.45) is 1.31. The number of hydrogen-bond donors (Lipinski definition) is 2. The maximum absolute atomic E-state index is 11.9. The van der Waals surface area contributed by atoms with Gasteiger partial charge in [-0.2, -0.15) is 0 Å². The van der Waals surface area contributed by atoms with Gasteiger partial charge in [-0.15, -0.1) is 0 Å². The third kappa shape index (κ3) is 2.55. The molecule has 18 heavy (non-hydrogen) atoms. The second-order valence-electron chi connectivity index (χ2n) is 4.64. The molecule has 2 N–H and O–H groups in total. The van der Waals surface area contributed by atoms with E-state index in [0.29, 0.717) is 30.1 Å². The number of rotatable bonds is 3. The Morgan fingerprint density at radius 3 is 2.72 bits per heavy atom. The highest BCUT2D eigenvalue weighted by Gasteiger charge is 2.31. The Kier molecular flexibility index (Phi) is 3.43. The summed E-state index contributed by atoms with van der Waals surface area (Å²) in [7, 11) is -3.01. The number of carbonyl (C=O) groups is 1. The van der Waals surface area contributed by atoms with Crippen LogP contribution in [-0.4, -0.2) is 41.8 Å². The van der Waals surface area contributed by atoms with Crippen LogP contribution in [0.5, 0.6) is 0 Å². The molecule has 1 aromatic heterocycles. The Labute approximate surface area is 106 Å². The van der Waals surface area contributed by atoms with E-state index >= 15 is 0 Å². The van der Waals surface area contributed by atoms with Gasteiger partial charge in [-0.25, -0.2) is 13.4 Å². The summed E-state index contributed by atoms with van der Waals surface area (Å²) in [6.45, 7) is 3.71. The molecule has 0 bridgehead atoms. The normalized spacial score (nSPS) is 22.0. The predicted octanol–water partition coefficient (Wildman–Crippen LogP) is 0.334. The van der Waals surface area contributed by atoms with Gasteiger partial charge < -0.3 is 10.3 Å². The van der Waals surface area contributed by atoms with Crippen molar-refractivity contribution in [2.75, 3.05) is 12.3 Å². The fourth-order valence-electron chi connectivity index (χ4n) is 2.21. The molecule has 1 aliphatic heterocycles. The smallest absolute Gasteiger partial charge is 0.271 e. The van der Waals surface area contributed by atoms with Gasteiger partial charge in [0.05, 0.1) is 11.0 Å². The Hall–Kier alpha value is -1.37. The summed E-state index contributed by atoms with van der Waals surface area (Å²) in [6, 6.07) is 0. The average Bonchev–Trinajstić information content (AvgIpc) is 2.78. The van der Waals surface area contributed by atoms with Crippen LogP contribution in [0.3, 0.4) is 0 Å². The van der Waals surface area contributed by atoms with Crippen molar-refractivity contribution < 1.29 is 13.2 Å². The number of H-pyrrole nitrogens is 1. The van der Waals surface area contributed by atoms with Gasteiger partial charge in [0.1, 0.15) is 11.5 Å². The molecule has 2 heterocycles. The molecule has 0 spiro atoms. The van der Waals surface area contributed by atoms with E-state index in [0.717, 1.165) is 0 Å². The number of imidazole rings is 1. The van der Waals surface area contributed by atoms with Crippen LogP contribution in [0.15, 0.2) is 0 Å².